The first kappa shape index (κ1) is 19.2. The summed E-state index contributed by atoms with van der Waals surface area (Å²) in [6.07, 6.45) is 2.02. The van der Waals surface area contributed by atoms with Gasteiger partial charge in [0.05, 0.1) is 35.1 Å². The van der Waals surface area contributed by atoms with Gasteiger partial charge in [-0.3, -0.25) is 4.79 Å². The number of ether oxygens (including phenoxy) is 3. The normalized spacial score (nSPS) is 16.0. The highest BCUT2D eigenvalue weighted by Crippen LogP contribution is 2.26. The Morgan fingerprint density at radius 1 is 1.26 bits per heavy atom. The number of para-hydroxylation sites is 1. The van der Waals surface area contributed by atoms with E-state index in [0.717, 1.165) is 19.4 Å². The van der Waals surface area contributed by atoms with Crippen molar-refractivity contribution in [2.45, 2.75) is 18.9 Å². The van der Waals surface area contributed by atoms with Crippen molar-refractivity contribution in [3.05, 3.63) is 58.6 Å². The predicted molar refractivity (Wildman–Crippen MR) is 102 cm³/mol. The quantitative estimate of drug-likeness (QED) is 0.757. The van der Waals surface area contributed by atoms with Crippen LogP contribution in [0.25, 0.3) is 0 Å². The summed E-state index contributed by atoms with van der Waals surface area (Å²) in [4.78, 5) is 24.4. The molecule has 1 aliphatic rings. The van der Waals surface area contributed by atoms with E-state index in [0.29, 0.717) is 34.2 Å². The Hall–Kier alpha value is -2.57. The maximum absolute atomic E-state index is 12.7. The van der Waals surface area contributed by atoms with E-state index in [4.69, 9.17) is 25.8 Å². The summed E-state index contributed by atoms with van der Waals surface area (Å²) >= 11 is 6.15. The molecule has 1 N–H and O–H groups in total. The fourth-order valence-electron chi connectivity index (χ4n) is 2.79. The van der Waals surface area contributed by atoms with Crippen molar-refractivity contribution in [1.82, 2.24) is 0 Å². The van der Waals surface area contributed by atoms with Crippen LogP contribution in [0.2, 0.25) is 5.02 Å². The van der Waals surface area contributed by atoms with Gasteiger partial charge in [0.1, 0.15) is 12.4 Å². The minimum absolute atomic E-state index is 0.0484. The standard InChI is InChI=1S/C20H20ClNO5/c1-25-20(24)13-8-9-16(21)17(11-13)22-19(23)15-6-2-3-7-18(15)27-12-14-5-4-10-26-14/h2-3,6-9,11,14H,4-5,10,12H2,1H3,(H,22,23). The first-order valence-electron chi connectivity index (χ1n) is 8.61. The van der Waals surface area contributed by atoms with E-state index in [1.165, 1.54) is 25.3 Å². The van der Waals surface area contributed by atoms with E-state index in [1.807, 2.05) is 0 Å². The topological polar surface area (TPSA) is 73.9 Å². The molecule has 2 aromatic carbocycles. The van der Waals surface area contributed by atoms with Crippen molar-refractivity contribution >= 4 is 29.2 Å². The molecule has 0 bridgehead atoms. The van der Waals surface area contributed by atoms with Gasteiger partial charge in [-0.2, -0.15) is 0 Å². The van der Waals surface area contributed by atoms with Gasteiger partial charge in [0, 0.05) is 6.61 Å². The SMILES string of the molecule is COC(=O)c1ccc(Cl)c(NC(=O)c2ccccc2OCC2CCCO2)c1. The number of esters is 1. The summed E-state index contributed by atoms with van der Waals surface area (Å²) in [6, 6.07) is 11.5. The molecule has 0 saturated carbocycles. The van der Waals surface area contributed by atoms with Gasteiger partial charge in [-0.25, -0.2) is 4.79 Å². The first-order chi connectivity index (χ1) is 13.1. The molecular weight excluding hydrogens is 370 g/mol. The third-order valence-electron chi connectivity index (χ3n) is 4.22. The molecule has 0 aromatic heterocycles. The third kappa shape index (κ3) is 4.78. The Morgan fingerprint density at radius 2 is 2.07 bits per heavy atom. The number of halogens is 1. The van der Waals surface area contributed by atoms with Crippen LogP contribution >= 0.6 is 11.6 Å². The Balaban J connectivity index is 1.75. The van der Waals surface area contributed by atoms with Crippen molar-refractivity contribution in [2.75, 3.05) is 25.6 Å². The van der Waals surface area contributed by atoms with E-state index in [9.17, 15) is 9.59 Å². The highest BCUT2D eigenvalue weighted by atomic mass is 35.5. The van der Waals surface area contributed by atoms with Crippen LogP contribution < -0.4 is 10.1 Å². The van der Waals surface area contributed by atoms with Crippen LogP contribution in [0.15, 0.2) is 42.5 Å². The van der Waals surface area contributed by atoms with E-state index in [2.05, 4.69) is 5.32 Å². The molecule has 6 nitrogen and oxygen atoms in total. The molecular formula is C20H20ClNO5. The Morgan fingerprint density at radius 3 is 2.81 bits per heavy atom. The average molecular weight is 390 g/mol. The number of amides is 1. The van der Waals surface area contributed by atoms with Crippen LogP contribution in [0.1, 0.15) is 33.6 Å². The number of carbonyl (C=O) groups is 2. The lowest BCUT2D eigenvalue weighted by Crippen LogP contribution is -2.19. The van der Waals surface area contributed by atoms with Gasteiger partial charge >= 0.3 is 5.97 Å². The number of hydrogen-bond acceptors (Lipinski definition) is 5. The second kappa shape index (κ2) is 8.88. The molecule has 2 aromatic rings. The van der Waals surface area contributed by atoms with Crippen LogP contribution in [0.4, 0.5) is 5.69 Å². The summed E-state index contributed by atoms with van der Waals surface area (Å²) in [6.45, 7) is 1.13. The molecule has 142 valence electrons. The summed E-state index contributed by atoms with van der Waals surface area (Å²) in [5, 5.41) is 3.04. The maximum Gasteiger partial charge on any atom is 0.337 e. The largest absolute Gasteiger partial charge is 0.490 e. The van der Waals surface area contributed by atoms with Crippen LogP contribution in [-0.2, 0) is 9.47 Å². The molecule has 1 atom stereocenters. The summed E-state index contributed by atoms with van der Waals surface area (Å²) in [5.41, 5.74) is 0.980. The fraction of sp³-hybridized carbons (Fsp3) is 0.300. The van der Waals surface area contributed by atoms with Gasteiger partial charge in [0.15, 0.2) is 0 Å². The number of carbonyl (C=O) groups excluding carboxylic acids is 2. The summed E-state index contributed by atoms with van der Waals surface area (Å²) in [7, 11) is 1.29. The summed E-state index contributed by atoms with van der Waals surface area (Å²) < 4.78 is 16.0. The van der Waals surface area contributed by atoms with Crippen molar-refractivity contribution < 1.29 is 23.8 Å². The summed E-state index contributed by atoms with van der Waals surface area (Å²) in [5.74, 6) is -0.435. The molecule has 1 aliphatic heterocycles. The highest BCUT2D eigenvalue weighted by molar-refractivity contribution is 6.34. The fourth-order valence-corrected chi connectivity index (χ4v) is 2.96. The predicted octanol–water partition coefficient (Wildman–Crippen LogP) is 3.94. The van der Waals surface area contributed by atoms with Crippen molar-refractivity contribution in [3.63, 3.8) is 0 Å². The Labute approximate surface area is 162 Å². The van der Waals surface area contributed by atoms with Gasteiger partial charge in [-0.05, 0) is 43.2 Å². The Bertz CT molecular complexity index is 833. The highest BCUT2D eigenvalue weighted by Gasteiger charge is 2.19. The minimum atomic E-state index is -0.512. The number of methoxy groups -OCH3 is 1. The van der Waals surface area contributed by atoms with Gasteiger partial charge in [0.2, 0.25) is 0 Å². The van der Waals surface area contributed by atoms with Gasteiger partial charge in [-0.1, -0.05) is 23.7 Å². The lowest BCUT2D eigenvalue weighted by atomic mass is 10.1. The molecule has 0 radical (unpaired) electrons. The zero-order chi connectivity index (χ0) is 19.2. The lowest BCUT2D eigenvalue weighted by Gasteiger charge is -2.15. The molecule has 1 fully saturated rings. The van der Waals surface area contributed by atoms with E-state index in [-0.39, 0.29) is 12.0 Å². The van der Waals surface area contributed by atoms with Crippen LogP contribution in [0, 0.1) is 0 Å². The molecule has 7 heteroatoms. The lowest BCUT2D eigenvalue weighted by molar-refractivity contribution is 0.0600. The zero-order valence-corrected chi connectivity index (χ0v) is 15.6. The molecule has 3 rings (SSSR count). The van der Waals surface area contributed by atoms with Crippen LogP contribution in [-0.4, -0.2) is 38.3 Å². The van der Waals surface area contributed by atoms with Gasteiger partial charge in [0.25, 0.3) is 5.91 Å². The number of hydrogen-bond donors (Lipinski definition) is 1. The average Bonchev–Trinajstić information content (AvgIpc) is 3.21. The minimum Gasteiger partial charge on any atom is -0.490 e. The number of anilines is 1. The van der Waals surface area contributed by atoms with Crippen molar-refractivity contribution in [2.24, 2.45) is 0 Å². The van der Waals surface area contributed by atoms with E-state index in [1.54, 1.807) is 24.3 Å². The van der Waals surface area contributed by atoms with Crippen LogP contribution in [0.3, 0.4) is 0 Å². The van der Waals surface area contributed by atoms with E-state index >= 15 is 0 Å². The molecule has 27 heavy (non-hydrogen) atoms. The second-order valence-electron chi connectivity index (χ2n) is 6.08. The molecule has 0 aliphatic carbocycles. The van der Waals surface area contributed by atoms with Crippen molar-refractivity contribution in [3.8, 4) is 5.75 Å². The molecule has 1 unspecified atom stereocenters. The smallest absolute Gasteiger partial charge is 0.337 e. The number of benzene rings is 2. The number of nitrogens with one attached hydrogen (secondary N) is 1. The molecule has 0 spiro atoms. The van der Waals surface area contributed by atoms with Crippen LogP contribution in [0.5, 0.6) is 5.75 Å². The van der Waals surface area contributed by atoms with Gasteiger partial charge < -0.3 is 19.5 Å². The monoisotopic (exact) mass is 389 g/mol. The Kier molecular flexibility index (Phi) is 6.32. The van der Waals surface area contributed by atoms with E-state index < -0.39 is 5.97 Å². The molecule has 1 heterocycles. The maximum atomic E-state index is 12.7. The van der Waals surface area contributed by atoms with Crippen molar-refractivity contribution in [1.29, 1.82) is 0 Å². The zero-order valence-electron chi connectivity index (χ0n) is 14.9. The third-order valence-corrected chi connectivity index (χ3v) is 4.55. The first-order valence-corrected chi connectivity index (χ1v) is 8.99. The molecule has 1 amide bonds. The van der Waals surface area contributed by atoms with Gasteiger partial charge in [-0.15, -0.1) is 0 Å². The number of rotatable bonds is 6. The molecule has 1 saturated heterocycles. The second-order valence-corrected chi connectivity index (χ2v) is 6.49.